The molecular formula is C10H14F3NO3. The van der Waals surface area contributed by atoms with E-state index in [9.17, 15) is 22.8 Å². The van der Waals surface area contributed by atoms with Crippen LogP contribution in [0, 0.1) is 11.3 Å². The maximum absolute atomic E-state index is 12.2. The largest absolute Gasteiger partial charge is 0.481 e. The minimum Gasteiger partial charge on any atom is -0.481 e. The van der Waals surface area contributed by atoms with Crippen LogP contribution in [0.5, 0.6) is 0 Å². The first-order chi connectivity index (χ1) is 7.56. The molecular weight excluding hydrogens is 239 g/mol. The molecule has 7 heteroatoms. The van der Waals surface area contributed by atoms with E-state index in [1.807, 2.05) is 0 Å². The second kappa shape index (κ2) is 4.19. The van der Waals surface area contributed by atoms with Gasteiger partial charge in [-0.25, -0.2) is 0 Å². The van der Waals surface area contributed by atoms with Crippen molar-refractivity contribution in [2.24, 2.45) is 11.3 Å². The SMILES string of the molecule is CC(C)(C(=O)O)C1CCN(C(=O)C(F)(F)F)C1. The van der Waals surface area contributed by atoms with Gasteiger partial charge in [-0.1, -0.05) is 0 Å². The van der Waals surface area contributed by atoms with E-state index in [0.717, 1.165) is 0 Å². The molecule has 0 aromatic carbocycles. The molecule has 4 nitrogen and oxygen atoms in total. The van der Waals surface area contributed by atoms with Crippen LogP contribution >= 0.6 is 0 Å². The highest BCUT2D eigenvalue weighted by Crippen LogP contribution is 2.35. The van der Waals surface area contributed by atoms with Crippen LogP contribution in [0.1, 0.15) is 20.3 Å². The highest BCUT2D eigenvalue weighted by atomic mass is 19.4. The third kappa shape index (κ3) is 2.70. The fraction of sp³-hybridized carbons (Fsp3) is 0.800. The Kier molecular flexibility index (Phi) is 3.40. The molecule has 0 aliphatic carbocycles. The van der Waals surface area contributed by atoms with Crippen LogP contribution in [0.2, 0.25) is 0 Å². The van der Waals surface area contributed by atoms with Gasteiger partial charge in [-0.2, -0.15) is 13.2 Å². The average Bonchev–Trinajstić information content (AvgIpc) is 2.63. The number of amides is 1. The van der Waals surface area contributed by atoms with Gasteiger partial charge in [0.15, 0.2) is 0 Å². The summed E-state index contributed by atoms with van der Waals surface area (Å²) in [6, 6.07) is 0. The number of hydrogen-bond donors (Lipinski definition) is 1. The first-order valence-electron chi connectivity index (χ1n) is 5.16. The highest BCUT2D eigenvalue weighted by Gasteiger charge is 2.48. The zero-order valence-corrected chi connectivity index (χ0v) is 9.54. The van der Waals surface area contributed by atoms with E-state index >= 15 is 0 Å². The van der Waals surface area contributed by atoms with E-state index in [-0.39, 0.29) is 19.5 Å². The Morgan fingerprint density at radius 3 is 2.24 bits per heavy atom. The quantitative estimate of drug-likeness (QED) is 0.811. The van der Waals surface area contributed by atoms with Crippen LogP contribution < -0.4 is 0 Å². The Morgan fingerprint density at radius 1 is 1.29 bits per heavy atom. The summed E-state index contributed by atoms with van der Waals surface area (Å²) in [4.78, 5) is 22.6. The van der Waals surface area contributed by atoms with Crippen LogP contribution in [0.4, 0.5) is 13.2 Å². The van der Waals surface area contributed by atoms with Crippen molar-refractivity contribution in [3.8, 4) is 0 Å². The van der Waals surface area contributed by atoms with Crippen LogP contribution in [0.3, 0.4) is 0 Å². The molecule has 0 saturated carbocycles. The summed E-state index contributed by atoms with van der Waals surface area (Å²) in [6.45, 7) is 2.72. The first kappa shape index (κ1) is 13.8. The third-order valence-corrected chi connectivity index (χ3v) is 3.29. The Morgan fingerprint density at radius 2 is 1.82 bits per heavy atom. The fourth-order valence-corrected chi connectivity index (χ4v) is 1.89. The molecule has 1 rings (SSSR count). The Balaban J connectivity index is 2.72. The lowest BCUT2D eigenvalue weighted by molar-refractivity contribution is -0.184. The second-order valence-electron chi connectivity index (χ2n) is 4.76. The topological polar surface area (TPSA) is 57.6 Å². The molecule has 98 valence electrons. The third-order valence-electron chi connectivity index (χ3n) is 3.29. The molecule has 17 heavy (non-hydrogen) atoms. The molecule has 1 fully saturated rings. The van der Waals surface area contributed by atoms with Gasteiger partial charge in [0.1, 0.15) is 0 Å². The molecule has 0 aromatic rings. The zero-order chi connectivity index (χ0) is 13.4. The summed E-state index contributed by atoms with van der Waals surface area (Å²) in [6.07, 6.45) is -4.61. The molecule has 1 unspecified atom stereocenters. The molecule has 0 radical (unpaired) electrons. The van der Waals surface area contributed by atoms with E-state index in [0.29, 0.717) is 4.90 Å². The number of aliphatic carboxylic acids is 1. The molecule has 1 aliphatic heterocycles. The number of alkyl halides is 3. The van der Waals surface area contributed by atoms with E-state index in [1.165, 1.54) is 13.8 Å². The number of carboxylic acid groups (broad SMARTS) is 1. The predicted molar refractivity (Wildman–Crippen MR) is 52.2 cm³/mol. The van der Waals surface area contributed by atoms with Crippen molar-refractivity contribution in [2.75, 3.05) is 13.1 Å². The molecule has 1 aliphatic rings. The smallest absolute Gasteiger partial charge is 0.471 e. The summed E-state index contributed by atoms with van der Waals surface area (Å²) in [7, 11) is 0. The number of halogens is 3. The van der Waals surface area contributed by atoms with Crippen molar-refractivity contribution < 1.29 is 27.9 Å². The van der Waals surface area contributed by atoms with Gasteiger partial charge in [0.2, 0.25) is 0 Å². The van der Waals surface area contributed by atoms with Gasteiger partial charge in [0, 0.05) is 13.1 Å². The number of hydrogen-bond acceptors (Lipinski definition) is 2. The van der Waals surface area contributed by atoms with E-state index < -0.39 is 29.4 Å². The van der Waals surface area contributed by atoms with Gasteiger partial charge < -0.3 is 10.0 Å². The second-order valence-corrected chi connectivity index (χ2v) is 4.76. The lowest BCUT2D eigenvalue weighted by atomic mass is 9.78. The van der Waals surface area contributed by atoms with Crippen molar-refractivity contribution in [3.05, 3.63) is 0 Å². The van der Waals surface area contributed by atoms with Crippen LogP contribution in [0.25, 0.3) is 0 Å². The Bertz CT molecular complexity index is 338. The molecule has 1 atom stereocenters. The summed E-state index contributed by atoms with van der Waals surface area (Å²) in [5, 5.41) is 8.96. The van der Waals surface area contributed by atoms with Crippen molar-refractivity contribution in [3.63, 3.8) is 0 Å². The number of carbonyl (C=O) groups is 2. The van der Waals surface area contributed by atoms with Gasteiger partial charge in [0.25, 0.3) is 0 Å². The van der Waals surface area contributed by atoms with Crippen molar-refractivity contribution in [1.82, 2.24) is 4.90 Å². The molecule has 1 heterocycles. The number of rotatable bonds is 2. The van der Waals surface area contributed by atoms with E-state index in [4.69, 9.17) is 5.11 Å². The number of nitrogens with zero attached hydrogens (tertiary/aromatic N) is 1. The summed E-state index contributed by atoms with van der Waals surface area (Å²) >= 11 is 0. The van der Waals surface area contributed by atoms with Gasteiger partial charge >= 0.3 is 18.1 Å². The Labute approximate surface area is 96.4 Å². The van der Waals surface area contributed by atoms with E-state index in [1.54, 1.807) is 0 Å². The first-order valence-corrected chi connectivity index (χ1v) is 5.16. The monoisotopic (exact) mass is 253 g/mol. The van der Waals surface area contributed by atoms with Gasteiger partial charge in [-0.3, -0.25) is 9.59 Å². The summed E-state index contributed by atoms with van der Waals surface area (Å²) < 4.78 is 36.5. The fourth-order valence-electron chi connectivity index (χ4n) is 1.89. The van der Waals surface area contributed by atoms with Crippen LogP contribution in [-0.2, 0) is 9.59 Å². The average molecular weight is 253 g/mol. The van der Waals surface area contributed by atoms with Gasteiger partial charge in [0.05, 0.1) is 5.41 Å². The summed E-state index contributed by atoms with van der Waals surface area (Å²) in [5.74, 6) is -3.41. The van der Waals surface area contributed by atoms with E-state index in [2.05, 4.69) is 0 Å². The number of carboxylic acids is 1. The van der Waals surface area contributed by atoms with Crippen molar-refractivity contribution >= 4 is 11.9 Å². The molecule has 1 amide bonds. The standard InChI is InChI=1S/C10H14F3NO3/c1-9(2,8(16)17)6-3-4-14(5-6)7(15)10(11,12)13/h6H,3-5H2,1-2H3,(H,16,17). The molecule has 0 bridgehead atoms. The Hall–Kier alpha value is -1.27. The number of likely N-dealkylation sites (tertiary alicyclic amines) is 1. The maximum Gasteiger partial charge on any atom is 0.471 e. The van der Waals surface area contributed by atoms with Crippen molar-refractivity contribution in [1.29, 1.82) is 0 Å². The molecule has 0 aromatic heterocycles. The number of carbonyl (C=O) groups excluding carboxylic acids is 1. The maximum atomic E-state index is 12.2. The minimum absolute atomic E-state index is 0.0419. The molecule has 1 N–H and O–H groups in total. The van der Waals surface area contributed by atoms with Gasteiger partial charge in [-0.05, 0) is 26.2 Å². The predicted octanol–water partition coefficient (Wildman–Crippen LogP) is 1.51. The van der Waals surface area contributed by atoms with Crippen molar-refractivity contribution in [2.45, 2.75) is 26.4 Å². The highest BCUT2D eigenvalue weighted by molar-refractivity contribution is 5.82. The molecule has 1 saturated heterocycles. The van der Waals surface area contributed by atoms with Gasteiger partial charge in [-0.15, -0.1) is 0 Å². The van der Waals surface area contributed by atoms with Crippen LogP contribution in [-0.4, -0.2) is 41.1 Å². The lowest BCUT2D eigenvalue weighted by Gasteiger charge is -2.27. The lowest BCUT2D eigenvalue weighted by Crippen LogP contribution is -2.41. The minimum atomic E-state index is -4.89. The normalized spacial score (nSPS) is 21.7. The van der Waals surface area contributed by atoms with Crippen LogP contribution in [0.15, 0.2) is 0 Å². The molecule has 0 spiro atoms. The summed E-state index contributed by atoms with van der Waals surface area (Å²) in [5.41, 5.74) is -1.12. The zero-order valence-electron chi connectivity index (χ0n) is 9.54.